The number of nitriles is 1. The van der Waals surface area contributed by atoms with Crippen LogP contribution in [0.15, 0.2) is 64.8 Å². The molecule has 0 bridgehead atoms. The summed E-state index contributed by atoms with van der Waals surface area (Å²) in [5, 5.41) is 13.0. The predicted octanol–water partition coefficient (Wildman–Crippen LogP) is 5.58. The number of carbonyl (C=O) groups is 1. The Balaban J connectivity index is 1.54. The van der Waals surface area contributed by atoms with Gasteiger partial charge in [0, 0.05) is 5.02 Å². The third-order valence-corrected chi connectivity index (χ3v) is 5.09. The number of benzene rings is 2. The van der Waals surface area contributed by atoms with Crippen molar-refractivity contribution < 1.29 is 18.7 Å². The molecule has 0 spiro atoms. The molecule has 3 aromatic rings. The van der Waals surface area contributed by atoms with E-state index in [0.29, 0.717) is 39.5 Å². The van der Waals surface area contributed by atoms with Crippen LogP contribution >= 0.6 is 23.2 Å². The smallest absolute Gasteiger partial charge is 0.262 e. The van der Waals surface area contributed by atoms with E-state index in [2.05, 4.69) is 5.32 Å². The molecule has 164 valence electrons. The zero-order valence-electron chi connectivity index (χ0n) is 17.2. The Bertz CT molecular complexity index is 1150. The fourth-order valence-electron chi connectivity index (χ4n) is 2.73. The highest BCUT2D eigenvalue weighted by Crippen LogP contribution is 2.27. The van der Waals surface area contributed by atoms with Crippen LogP contribution in [0, 0.1) is 18.3 Å². The second kappa shape index (κ2) is 11.3. The first-order chi connectivity index (χ1) is 15.5. The van der Waals surface area contributed by atoms with Crippen LogP contribution in [-0.2, 0) is 11.3 Å². The summed E-state index contributed by atoms with van der Waals surface area (Å²) in [5.41, 5.74) is 1.48. The molecule has 0 aliphatic heterocycles. The molecule has 1 aromatic heterocycles. The summed E-state index contributed by atoms with van der Waals surface area (Å²) in [7, 11) is 0. The first-order valence-corrected chi connectivity index (χ1v) is 10.5. The third kappa shape index (κ3) is 6.55. The lowest BCUT2D eigenvalue weighted by atomic mass is 10.1. The van der Waals surface area contributed by atoms with Gasteiger partial charge >= 0.3 is 0 Å². The fourth-order valence-corrected chi connectivity index (χ4v) is 3.09. The highest BCUT2D eigenvalue weighted by atomic mass is 35.5. The molecule has 0 saturated heterocycles. The van der Waals surface area contributed by atoms with Gasteiger partial charge in [-0.1, -0.05) is 29.3 Å². The molecule has 0 aliphatic rings. The summed E-state index contributed by atoms with van der Waals surface area (Å²) in [5.74, 6) is 1.27. The number of halogens is 2. The maximum atomic E-state index is 12.2. The lowest BCUT2D eigenvalue weighted by Gasteiger charge is -2.11. The number of nitrogens with one attached hydrogen (secondary N) is 1. The van der Waals surface area contributed by atoms with Gasteiger partial charge in [0.1, 0.15) is 42.1 Å². The highest BCUT2D eigenvalue weighted by Gasteiger charge is 2.11. The molecule has 32 heavy (non-hydrogen) atoms. The van der Waals surface area contributed by atoms with Gasteiger partial charge in [0.15, 0.2) is 0 Å². The maximum Gasteiger partial charge on any atom is 0.262 e. The van der Waals surface area contributed by atoms with E-state index in [1.54, 1.807) is 42.5 Å². The quantitative estimate of drug-likeness (QED) is 0.250. The van der Waals surface area contributed by atoms with Crippen LogP contribution in [0.25, 0.3) is 6.08 Å². The zero-order chi connectivity index (χ0) is 22.9. The molecule has 0 radical (unpaired) electrons. The van der Waals surface area contributed by atoms with E-state index in [1.807, 2.05) is 19.1 Å². The van der Waals surface area contributed by atoms with E-state index in [-0.39, 0.29) is 18.7 Å². The van der Waals surface area contributed by atoms with E-state index >= 15 is 0 Å². The number of amides is 1. The average Bonchev–Trinajstić information content (AvgIpc) is 3.30. The molecular formula is C24H20Cl2N2O4. The number of ether oxygens (including phenoxy) is 2. The Labute approximate surface area is 196 Å². The molecule has 2 aromatic carbocycles. The lowest BCUT2D eigenvalue weighted by molar-refractivity contribution is -0.117. The Kier molecular flexibility index (Phi) is 8.20. The summed E-state index contributed by atoms with van der Waals surface area (Å²) < 4.78 is 16.5. The molecule has 0 saturated carbocycles. The minimum absolute atomic E-state index is 0.0482. The van der Waals surface area contributed by atoms with E-state index in [4.69, 9.17) is 37.1 Å². The van der Waals surface area contributed by atoms with Crippen molar-refractivity contribution >= 4 is 35.2 Å². The van der Waals surface area contributed by atoms with Crippen molar-refractivity contribution in [3.05, 3.63) is 87.3 Å². The molecule has 1 amide bonds. The van der Waals surface area contributed by atoms with E-state index in [0.717, 1.165) is 5.56 Å². The molecule has 6 nitrogen and oxygen atoms in total. The van der Waals surface area contributed by atoms with Gasteiger partial charge in [0.2, 0.25) is 0 Å². The van der Waals surface area contributed by atoms with Crippen LogP contribution in [-0.4, -0.2) is 19.1 Å². The number of hydrogen-bond acceptors (Lipinski definition) is 5. The first-order valence-electron chi connectivity index (χ1n) is 9.70. The van der Waals surface area contributed by atoms with Gasteiger partial charge in [-0.15, -0.1) is 0 Å². The normalized spacial score (nSPS) is 11.0. The van der Waals surface area contributed by atoms with Crippen molar-refractivity contribution in [2.24, 2.45) is 0 Å². The van der Waals surface area contributed by atoms with Gasteiger partial charge in [-0.2, -0.15) is 5.26 Å². The SMILES string of the molecule is Cc1cc(OCCOc2ccc(C=C(C#N)C(=O)NCc3ccco3)cc2Cl)ccc1Cl. The van der Waals surface area contributed by atoms with Crippen molar-refractivity contribution in [3.8, 4) is 17.6 Å². The van der Waals surface area contributed by atoms with Crippen LogP contribution in [0.3, 0.4) is 0 Å². The molecule has 1 N–H and O–H groups in total. The minimum atomic E-state index is -0.505. The molecule has 0 unspecified atom stereocenters. The van der Waals surface area contributed by atoms with Crippen molar-refractivity contribution in [1.82, 2.24) is 5.32 Å². The highest BCUT2D eigenvalue weighted by molar-refractivity contribution is 6.32. The van der Waals surface area contributed by atoms with Crippen LogP contribution in [0.5, 0.6) is 11.5 Å². The van der Waals surface area contributed by atoms with Crippen LogP contribution in [0.4, 0.5) is 0 Å². The largest absolute Gasteiger partial charge is 0.490 e. The molecular weight excluding hydrogens is 451 g/mol. The Morgan fingerprint density at radius 2 is 1.94 bits per heavy atom. The van der Waals surface area contributed by atoms with Gasteiger partial charge in [-0.25, -0.2) is 0 Å². The average molecular weight is 471 g/mol. The van der Waals surface area contributed by atoms with Crippen LogP contribution in [0.1, 0.15) is 16.9 Å². The standard InChI is InChI=1S/C24H20Cl2N2O4/c1-16-11-19(5-6-21(16)25)31-9-10-32-23-7-4-17(13-22(23)26)12-18(14-27)24(29)28-15-20-3-2-8-30-20/h2-8,11-13H,9-10,15H2,1H3,(H,28,29). The molecule has 8 heteroatoms. The zero-order valence-corrected chi connectivity index (χ0v) is 18.7. The lowest BCUT2D eigenvalue weighted by Crippen LogP contribution is -2.23. The van der Waals surface area contributed by atoms with Crippen molar-refractivity contribution in [3.63, 3.8) is 0 Å². The third-order valence-electron chi connectivity index (χ3n) is 4.37. The van der Waals surface area contributed by atoms with Crippen molar-refractivity contribution in [2.45, 2.75) is 13.5 Å². The van der Waals surface area contributed by atoms with Gasteiger partial charge in [0.05, 0.1) is 17.8 Å². The minimum Gasteiger partial charge on any atom is -0.490 e. The summed E-state index contributed by atoms with van der Waals surface area (Å²) in [6.45, 7) is 2.71. The molecule has 0 atom stereocenters. The molecule has 0 aliphatic carbocycles. The van der Waals surface area contributed by atoms with Crippen LogP contribution in [0.2, 0.25) is 10.0 Å². The Hall–Kier alpha value is -3.40. The van der Waals surface area contributed by atoms with E-state index < -0.39 is 5.91 Å². The molecule has 3 rings (SSSR count). The fraction of sp³-hybridized carbons (Fsp3) is 0.167. The number of carbonyl (C=O) groups excluding carboxylic acids is 1. The predicted molar refractivity (Wildman–Crippen MR) is 123 cm³/mol. The summed E-state index contributed by atoms with van der Waals surface area (Å²) >= 11 is 12.3. The second-order valence-electron chi connectivity index (χ2n) is 6.73. The van der Waals surface area contributed by atoms with Gasteiger partial charge in [-0.05, 0) is 66.6 Å². The summed E-state index contributed by atoms with van der Waals surface area (Å²) in [4.78, 5) is 12.2. The number of aryl methyl sites for hydroxylation is 1. The van der Waals surface area contributed by atoms with Gasteiger partial charge in [0.25, 0.3) is 5.91 Å². The number of rotatable bonds is 9. The monoisotopic (exact) mass is 470 g/mol. The van der Waals surface area contributed by atoms with Crippen LogP contribution < -0.4 is 14.8 Å². The van der Waals surface area contributed by atoms with Crippen molar-refractivity contribution in [2.75, 3.05) is 13.2 Å². The van der Waals surface area contributed by atoms with E-state index in [1.165, 1.54) is 12.3 Å². The van der Waals surface area contributed by atoms with E-state index in [9.17, 15) is 10.1 Å². The maximum absolute atomic E-state index is 12.2. The number of hydrogen-bond donors (Lipinski definition) is 1. The Morgan fingerprint density at radius 3 is 2.62 bits per heavy atom. The molecule has 1 heterocycles. The number of nitrogens with zero attached hydrogens (tertiary/aromatic N) is 1. The van der Waals surface area contributed by atoms with Crippen molar-refractivity contribution in [1.29, 1.82) is 5.26 Å². The topological polar surface area (TPSA) is 84.5 Å². The second-order valence-corrected chi connectivity index (χ2v) is 7.54. The first kappa shape index (κ1) is 23.3. The van der Waals surface area contributed by atoms with Gasteiger partial charge in [-0.3, -0.25) is 4.79 Å². The molecule has 0 fully saturated rings. The number of furan rings is 1. The van der Waals surface area contributed by atoms with Gasteiger partial charge < -0.3 is 19.2 Å². The summed E-state index contributed by atoms with van der Waals surface area (Å²) in [6.07, 6.45) is 2.97. The Morgan fingerprint density at radius 1 is 1.12 bits per heavy atom. The summed E-state index contributed by atoms with van der Waals surface area (Å²) in [6, 6.07) is 15.8.